The minimum absolute atomic E-state index is 0.0130. The molecule has 2 N–H and O–H groups in total. The number of nitrogens with one attached hydrogen (secondary N) is 2. The summed E-state index contributed by atoms with van der Waals surface area (Å²) in [7, 11) is 0. The Balaban J connectivity index is 1.75. The van der Waals surface area contributed by atoms with E-state index in [2.05, 4.69) is 10.6 Å². The lowest BCUT2D eigenvalue weighted by molar-refractivity contribution is -0.115. The van der Waals surface area contributed by atoms with Gasteiger partial charge in [0.1, 0.15) is 17.3 Å². The summed E-state index contributed by atoms with van der Waals surface area (Å²) in [6.45, 7) is 0.646. The van der Waals surface area contributed by atoms with Crippen molar-refractivity contribution in [1.82, 2.24) is 5.32 Å². The first kappa shape index (κ1) is 14.6. The van der Waals surface area contributed by atoms with Gasteiger partial charge < -0.3 is 10.6 Å². The number of hydrogen-bond acceptors (Lipinski definition) is 3. The third kappa shape index (κ3) is 4.11. The van der Waals surface area contributed by atoms with Gasteiger partial charge >= 0.3 is 0 Å². The molecule has 1 amide bonds. The van der Waals surface area contributed by atoms with E-state index in [-0.39, 0.29) is 6.54 Å². The van der Waals surface area contributed by atoms with Crippen LogP contribution in [0.2, 0.25) is 0 Å². The van der Waals surface area contributed by atoms with Crippen molar-refractivity contribution in [3.63, 3.8) is 0 Å². The third-order valence-electron chi connectivity index (χ3n) is 2.64. The highest BCUT2D eigenvalue weighted by atomic mass is 32.1. The van der Waals surface area contributed by atoms with Crippen LogP contribution in [0.4, 0.5) is 14.5 Å². The van der Waals surface area contributed by atoms with Gasteiger partial charge in [0.05, 0.1) is 6.54 Å². The smallest absolute Gasteiger partial charge is 0.238 e. The molecule has 6 heteroatoms. The van der Waals surface area contributed by atoms with E-state index in [1.165, 1.54) is 10.9 Å². The number of amides is 1. The van der Waals surface area contributed by atoms with Crippen LogP contribution in [0.5, 0.6) is 0 Å². The van der Waals surface area contributed by atoms with Crippen LogP contribution in [0.15, 0.2) is 35.7 Å². The Kier molecular flexibility index (Phi) is 5.20. The Bertz CT molecular complexity index is 552. The maximum absolute atomic E-state index is 13.3. The lowest BCUT2D eigenvalue weighted by Crippen LogP contribution is -2.30. The molecule has 0 aliphatic carbocycles. The van der Waals surface area contributed by atoms with Crippen molar-refractivity contribution >= 4 is 22.9 Å². The molecule has 0 aliphatic heterocycles. The summed E-state index contributed by atoms with van der Waals surface area (Å²) in [5, 5.41) is 7.14. The summed E-state index contributed by atoms with van der Waals surface area (Å²) in [5.41, 5.74) is -0.405. The summed E-state index contributed by atoms with van der Waals surface area (Å²) in [4.78, 5) is 12.8. The number of thiophene rings is 1. The van der Waals surface area contributed by atoms with E-state index in [9.17, 15) is 13.6 Å². The van der Waals surface area contributed by atoms with E-state index < -0.39 is 23.2 Å². The average molecular weight is 296 g/mol. The van der Waals surface area contributed by atoms with E-state index in [1.54, 1.807) is 11.3 Å². The van der Waals surface area contributed by atoms with Crippen LogP contribution in [0.25, 0.3) is 0 Å². The van der Waals surface area contributed by atoms with Crippen LogP contribution in [-0.2, 0) is 11.2 Å². The van der Waals surface area contributed by atoms with Crippen LogP contribution in [-0.4, -0.2) is 19.0 Å². The molecule has 2 aromatic rings. The molecular formula is C14H14F2N2OS. The lowest BCUT2D eigenvalue weighted by Gasteiger charge is -2.08. The quantitative estimate of drug-likeness (QED) is 0.805. The molecule has 1 aromatic carbocycles. The van der Waals surface area contributed by atoms with Gasteiger partial charge in [0.15, 0.2) is 0 Å². The zero-order chi connectivity index (χ0) is 14.4. The fourth-order valence-corrected chi connectivity index (χ4v) is 2.38. The fraction of sp³-hybridized carbons (Fsp3) is 0.214. The van der Waals surface area contributed by atoms with Gasteiger partial charge in [-0.15, -0.1) is 11.3 Å². The highest BCUT2D eigenvalue weighted by Crippen LogP contribution is 2.17. The van der Waals surface area contributed by atoms with Gasteiger partial charge in [-0.25, -0.2) is 8.78 Å². The van der Waals surface area contributed by atoms with Crippen LogP contribution in [0, 0.1) is 11.6 Å². The van der Waals surface area contributed by atoms with Crippen molar-refractivity contribution in [1.29, 1.82) is 0 Å². The molecule has 0 saturated heterocycles. The first-order chi connectivity index (χ1) is 9.66. The van der Waals surface area contributed by atoms with Crippen LogP contribution >= 0.6 is 11.3 Å². The topological polar surface area (TPSA) is 41.1 Å². The van der Waals surface area contributed by atoms with Gasteiger partial charge in [-0.2, -0.15) is 0 Å². The van der Waals surface area contributed by atoms with Crippen LogP contribution in [0.3, 0.4) is 0 Å². The predicted molar refractivity (Wildman–Crippen MR) is 75.9 cm³/mol. The second-order valence-corrected chi connectivity index (χ2v) is 5.18. The molecule has 0 saturated carbocycles. The number of halogens is 2. The van der Waals surface area contributed by atoms with Crippen molar-refractivity contribution in [3.8, 4) is 0 Å². The zero-order valence-electron chi connectivity index (χ0n) is 10.7. The van der Waals surface area contributed by atoms with Crippen LogP contribution < -0.4 is 10.6 Å². The Morgan fingerprint density at radius 3 is 2.55 bits per heavy atom. The second-order valence-electron chi connectivity index (χ2n) is 4.15. The molecule has 0 atom stereocenters. The fourth-order valence-electron chi connectivity index (χ4n) is 1.67. The second kappa shape index (κ2) is 7.12. The molecule has 1 heterocycles. The van der Waals surface area contributed by atoms with Gasteiger partial charge in [0.25, 0.3) is 0 Å². The molecular weight excluding hydrogens is 282 g/mol. The number of hydrogen-bond donors (Lipinski definition) is 2. The minimum Gasteiger partial charge on any atom is -0.320 e. The maximum atomic E-state index is 13.3. The number of carbonyl (C=O) groups is 1. The minimum atomic E-state index is -0.781. The lowest BCUT2D eigenvalue weighted by atomic mass is 10.3. The molecule has 0 unspecified atom stereocenters. The highest BCUT2D eigenvalue weighted by Gasteiger charge is 2.11. The van der Waals surface area contributed by atoms with E-state index >= 15 is 0 Å². The highest BCUT2D eigenvalue weighted by molar-refractivity contribution is 7.09. The summed E-state index contributed by atoms with van der Waals surface area (Å²) in [6, 6.07) is 7.43. The van der Waals surface area contributed by atoms with Crippen molar-refractivity contribution in [2.45, 2.75) is 6.42 Å². The van der Waals surface area contributed by atoms with Gasteiger partial charge in [0, 0.05) is 11.4 Å². The molecule has 2 rings (SSSR count). The monoisotopic (exact) mass is 296 g/mol. The van der Waals surface area contributed by atoms with Gasteiger partial charge in [-0.05, 0) is 30.0 Å². The van der Waals surface area contributed by atoms with Crippen molar-refractivity contribution in [2.75, 3.05) is 18.4 Å². The van der Waals surface area contributed by atoms with Gasteiger partial charge in [-0.3, -0.25) is 4.79 Å². The van der Waals surface area contributed by atoms with E-state index in [0.717, 1.165) is 18.6 Å². The Morgan fingerprint density at radius 2 is 1.90 bits per heavy atom. The van der Waals surface area contributed by atoms with Crippen molar-refractivity contribution in [3.05, 3.63) is 52.2 Å². The standard InChI is InChI=1S/C14H14F2N2OS/c15-11-4-1-5-12(16)14(11)18-13(19)9-17-7-6-10-3-2-8-20-10/h1-5,8,17H,6-7,9H2,(H,18,19). The van der Waals surface area contributed by atoms with Crippen molar-refractivity contribution in [2.24, 2.45) is 0 Å². The summed E-state index contributed by atoms with van der Waals surface area (Å²) in [5.74, 6) is -2.03. The molecule has 0 spiro atoms. The maximum Gasteiger partial charge on any atom is 0.238 e. The number of anilines is 1. The predicted octanol–water partition coefficient (Wildman–Crippen LogP) is 2.80. The van der Waals surface area contributed by atoms with Crippen molar-refractivity contribution < 1.29 is 13.6 Å². The molecule has 0 radical (unpaired) electrons. The third-order valence-corrected chi connectivity index (χ3v) is 3.58. The summed E-state index contributed by atoms with van der Waals surface area (Å²) >= 11 is 1.65. The summed E-state index contributed by atoms with van der Waals surface area (Å²) in [6.07, 6.45) is 0.818. The summed E-state index contributed by atoms with van der Waals surface area (Å²) < 4.78 is 26.6. The Hall–Kier alpha value is -1.79. The molecule has 0 fully saturated rings. The van der Waals surface area contributed by atoms with E-state index in [1.807, 2.05) is 17.5 Å². The molecule has 0 aliphatic rings. The average Bonchev–Trinajstić information content (AvgIpc) is 2.92. The van der Waals surface area contributed by atoms with E-state index in [0.29, 0.717) is 6.54 Å². The Morgan fingerprint density at radius 1 is 1.15 bits per heavy atom. The van der Waals surface area contributed by atoms with E-state index in [4.69, 9.17) is 0 Å². The molecule has 0 bridgehead atoms. The largest absolute Gasteiger partial charge is 0.320 e. The van der Waals surface area contributed by atoms with Gasteiger partial charge in [0.2, 0.25) is 5.91 Å². The number of rotatable bonds is 6. The first-order valence-electron chi connectivity index (χ1n) is 6.14. The van der Waals surface area contributed by atoms with Gasteiger partial charge in [-0.1, -0.05) is 12.1 Å². The number of benzene rings is 1. The molecule has 20 heavy (non-hydrogen) atoms. The normalized spacial score (nSPS) is 10.5. The molecule has 1 aromatic heterocycles. The zero-order valence-corrected chi connectivity index (χ0v) is 11.5. The van der Waals surface area contributed by atoms with Crippen LogP contribution in [0.1, 0.15) is 4.88 Å². The number of para-hydroxylation sites is 1. The number of carbonyl (C=O) groups excluding carboxylic acids is 1. The first-order valence-corrected chi connectivity index (χ1v) is 7.02. The SMILES string of the molecule is O=C(CNCCc1cccs1)Nc1c(F)cccc1F. The Labute approximate surface area is 119 Å². The molecule has 106 valence electrons. The molecule has 3 nitrogen and oxygen atoms in total.